The molecule has 0 heterocycles. The van der Waals surface area contributed by atoms with Gasteiger partial charge in [-0.1, -0.05) is 42.0 Å². The number of anilines is 1. The molecule has 0 spiro atoms. The molecule has 0 aromatic heterocycles. The molecule has 0 aliphatic carbocycles. The highest BCUT2D eigenvalue weighted by molar-refractivity contribution is 7.92. The summed E-state index contributed by atoms with van der Waals surface area (Å²) in [6.07, 6.45) is 0. The van der Waals surface area contributed by atoms with Crippen molar-refractivity contribution in [3.8, 4) is 11.5 Å². The first kappa shape index (κ1) is 30.5. The first-order chi connectivity index (χ1) is 19.0. The molecule has 9 nitrogen and oxygen atoms in total. The van der Waals surface area contributed by atoms with E-state index in [9.17, 15) is 18.0 Å². The van der Waals surface area contributed by atoms with E-state index in [1.807, 2.05) is 45.0 Å². The molecule has 0 saturated carbocycles. The maximum absolute atomic E-state index is 14.0. The molecule has 3 aromatic rings. The Morgan fingerprint density at radius 1 is 0.900 bits per heavy atom. The van der Waals surface area contributed by atoms with E-state index in [4.69, 9.17) is 9.47 Å². The monoisotopic (exact) mass is 567 g/mol. The molecule has 0 radical (unpaired) electrons. The Hall–Kier alpha value is -4.05. The van der Waals surface area contributed by atoms with Crippen LogP contribution in [-0.4, -0.2) is 58.0 Å². The number of para-hydroxylation sites is 2. The smallest absolute Gasteiger partial charge is 0.264 e. The average Bonchev–Trinajstić information content (AvgIpc) is 2.93. The number of sulfonamides is 1. The number of amides is 2. The molecule has 3 aromatic carbocycles. The van der Waals surface area contributed by atoms with Crippen LogP contribution in [-0.2, 0) is 26.2 Å². The van der Waals surface area contributed by atoms with Crippen molar-refractivity contribution in [2.24, 2.45) is 0 Å². The van der Waals surface area contributed by atoms with Gasteiger partial charge >= 0.3 is 0 Å². The van der Waals surface area contributed by atoms with Gasteiger partial charge in [-0.15, -0.1) is 0 Å². The summed E-state index contributed by atoms with van der Waals surface area (Å²) in [5.41, 5.74) is 2.02. The largest absolute Gasteiger partial charge is 0.497 e. The van der Waals surface area contributed by atoms with E-state index in [0.717, 1.165) is 15.4 Å². The minimum absolute atomic E-state index is 0.0251. The van der Waals surface area contributed by atoms with Crippen LogP contribution in [0.2, 0.25) is 0 Å². The van der Waals surface area contributed by atoms with Gasteiger partial charge in [0.2, 0.25) is 11.8 Å². The van der Waals surface area contributed by atoms with Gasteiger partial charge in [-0.2, -0.15) is 0 Å². The van der Waals surface area contributed by atoms with Crippen LogP contribution >= 0.6 is 0 Å². The van der Waals surface area contributed by atoms with Crippen LogP contribution < -0.4 is 19.1 Å². The molecule has 0 aliphatic rings. The molecular formula is C30H37N3O6S. The summed E-state index contributed by atoms with van der Waals surface area (Å²) in [6.45, 7) is 6.81. The fourth-order valence-corrected chi connectivity index (χ4v) is 5.64. The molecular weight excluding hydrogens is 530 g/mol. The highest BCUT2D eigenvalue weighted by atomic mass is 32.2. The van der Waals surface area contributed by atoms with Crippen molar-refractivity contribution in [2.75, 3.05) is 25.1 Å². The van der Waals surface area contributed by atoms with Crippen molar-refractivity contribution in [3.63, 3.8) is 0 Å². The molecule has 2 amide bonds. The van der Waals surface area contributed by atoms with Gasteiger partial charge in [0.1, 0.15) is 24.1 Å². The summed E-state index contributed by atoms with van der Waals surface area (Å²) < 4.78 is 39.6. The van der Waals surface area contributed by atoms with Gasteiger partial charge in [0.05, 0.1) is 24.8 Å². The second-order valence-corrected chi connectivity index (χ2v) is 11.6. The highest BCUT2D eigenvalue weighted by Crippen LogP contribution is 2.33. The molecule has 40 heavy (non-hydrogen) atoms. The maximum atomic E-state index is 14.0. The number of carbonyl (C=O) groups excluding carboxylic acids is 2. The molecule has 10 heteroatoms. The lowest BCUT2D eigenvalue weighted by Crippen LogP contribution is -2.52. The van der Waals surface area contributed by atoms with E-state index in [0.29, 0.717) is 5.75 Å². The molecule has 0 bridgehead atoms. The number of nitrogens with zero attached hydrogens (tertiary/aromatic N) is 2. The summed E-state index contributed by atoms with van der Waals surface area (Å²) in [4.78, 5) is 28.4. The summed E-state index contributed by atoms with van der Waals surface area (Å²) >= 11 is 0. The van der Waals surface area contributed by atoms with E-state index >= 15 is 0 Å². The van der Waals surface area contributed by atoms with E-state index in [1.54, 1.807) is 31.2 Å². The summed E-state index contributed by atoms with van der Waals surface area (Å²) in [5.74, 6) is -0.106. The number of methoxy groups -OCH3 is 2. The van der Waals surface area contributed by atoms with E-state index in [-0.39, 0.29) is 34.8 Å². The van der Waals surface area contributed by atoms with Gasteiger partial charge in [0.25, 0.3) is 10.0 Å². The van der Waals surface area contributed by atoms with E-state index in [1.165, 1.54) is 43.4 Å². The number of carbonyl (C=O) groups is 2. The van der Waals surface area contributed by atoms with Crippen LogP contribution in [0.3, 0.4) is 0 Å². The van der Waals surface area contributed by atoms with Gasteiger partial charge in [-0.05, 0) is 69.7 Å². The number of aryl methyl sites for hydroxylation is 1. The Bertz CT molecular complexity index is 1420. The van der Waals surface area contributed by atoms with Crippen molar-refractivity contribution in [1.29, 1.82) is 0 Å². The van der Waals surface area contributed by atoms with Gasteiger partial charge in [-0.25, -0.2) is 8.42 Å². The molecule has 3 rings (SSSR count). The SMILES string of the molecule is COc1ccc(S(=O)(=O)N(CC(=O)N(Cc2cccc(C)c2)C(C)C(=O)NC(C)C)c2ccccc2OC)cc1. The number of ether oxygens (including phenoxy) is 2. The zero-order valence-corrected chi connectivity index (χ0v) is 24.6. The third-order valence-corrected chi connectivity index (χ3v) is 8.09. The Kier molecular flexibility index (Phi) is 10.2. The quantitative estimate of drug-likeness (QED) is 0.353. The highest BCUT2D eigenvalue weighted by Gasteiger charge is 2.34. The Labute approximate surface area is 236 Å². The number of nitrogens with one attached hydrogen (secondary N) is 1. The molecule has 214 valence electrons. The lowest BCUT2D eigenvalue weighted by atomic mass is 10.1. The minimum atomic E-state index is -4.24. The van der Waals surface area contributed by atoms with Crippen molar-refractivity contribution >= 4 is 27.5 Å². The van der Waals surface area contributed by atoms with Gasteiger partial charge < -0.3 is 19.7 Å². The molecule has 0 aliphatic heterocycles. The first-order valence-electron chi connectivity index (χ1n) is 12.9. The topological polar surface area (TPSA) is 105 Å². The lowest BCUT2D eigenvalue weighted by Gasteiger charge is -2.32. The number of benzene rings is 3. The maximum Gasteiger partial charge on any atom is 0.264 e. The Morgan fingerprint density at radius 2 is 1.57 bits per heavy atom. The third-order valence-electron chi connectivity index (χ3n) is 6.31. The number of hydrogen-bond acceptors (Lipinski definition) is 6. The van der Waals surface area contributed by atoms with Crippen molar-refractivity contribution in [2.45, 2.75) is 51.2 Å². The predicted molar refractivity (Wildman–Crippen MR) is 155 cm³/mol. The van der Waals surface area contributed by atoms with Gasteiger partial charge in [0, 0.05) is 12.6 Å². The van der Waals surface area contributed by atoms with Crippen LogP contribution in [0.5, 0.6) is 11.5 Å². The van der Waals surface area contributed by atoms with Crippen molar-refractivity contribution in [1.82, 2.24) is 10.2 Å². The van der Waals surface area contributed by atoms with E-state index in [2.05, 4.69) is 5.32 Å². The second-order valence-electron chi connectivity index (χ2n) is 9.71. The summed E-state index contributed by atoms with van der Waals surface area (Å²) in [5, 5.41) is 2.85. The Morgan fingerprint density at radius 3 is 2.17 bits per heavy atom. The fourth-order valence-electron chi connectivity index (χ4n) is 4.22. The lowest BCUT2D eigenvalue weighted by molar-refractivity contribution is -0.139. The van der Waals surface area contributed by atoms with Crippen LogP contribution in [0, 0.1) is 6.92 Å². The molecule has 0 saturated heterocycles. The average molecular weight is 568 g/mol. The molecule has 1 N–H and O–H groups in total. The first-order valence-corrected chi connectivity index (χ1v) is 14.4. The standard InChI is InChI=1S/C30H37N3O6S/c1-21(2)31-30(35)23(4)32(19-24-11-9-10-22(3)18-24)29(34)20-33(27-12-7-8-13-28(27)39-6)40(36,37)26-16-14-25(38-5)15-17-26/h7-18,21,23H,19-20H2,1-6H3,(H,31,35). The summed E-state index contributed by atoms with van der Waals surface area (Å²) in [7, 11) is -1.31. The zero-order chi connectivity index (χ0) is 29.4. The van der Waals surface area contributed by atoms with E-state index < -0.39 is 28.5 Å². The van der Waals surface area contributed by atoms with Crippen molar-refractivity contribution in [3.05, 3.63) is 83.9 Å². The fraction of sp³-hybridized carbons (Fsp3) is 0.333. The van der Waals surface area contributed by atoms with Crippen molar-refractivity contribution < 1.29 is 27.5 Å². The van der Waals surface area contributed by atoms with Gasteiger partial charge in [0.15, 0.2) is 0 Å². The van der Waals surface area contributed by atoms with Crippen LogP contribution in [0.25, 0.3) is 0 Å². The minimum Gasteiger partial charge on any atom is -0.497 e. The molecule has 1 atom stereocenters. The van der Waals surface area contributed by atoms with Gasteiger partial charge in [-0.3, -0.25) is 13.9 Å². The third kappa shape index (κ3) is 7.32. The molecule has 1 unspecified atom stereocenters. The number of rotatable bonds is 12. The zero-order valence-electron chi connectivity index (χ0n) is 23.7. The van der Waals surface area contributed by atoms with Crippen LogP contribution in [0.15, 0.2) is 77.7 Å². The normalized spacial score (nSPS) is 12.0. The molecule has 0 fully saturated rings. The van der Waals surface area contributed by atoms with Crippen LogP contribution in [0.1, 0.15) is 31.9 Å². The summed E-state index contributed by atoms with van der Waals surface area (Å²) in [6, 6.07) is 19.1. The second kappa shape index (κ2) is 13.3. The Balaban J connectivity index is 2.07. The predicted octanol–water partition coefficient (Wildman–Crippen LogP) is 4.15. The van der Waals surface area contributed by atoms with Crippen LogP contribution in [0.4, 0.5) is 5.69 Å². The number of hydrogen-bond donors (Lipinski definition) is 1.